The molecule has 1 fully saturated rings. The van der Waals surface area contributed by atoms with Crippen LogP contribution in [-0.2, 0) is 4.74 Å². The third-order valence-corrected chi connectivity index (χ3v) is 6.50. The van der Waals surface area contributed by atoms with E-state index in [1.807, 2.05) is 43.0 Å². The van der Waals surface area contributed by atoms with E-state index in [1.54, 1.807) is 23.1 Å². The maximum Gasteiger partial charge on any atom is 0.274 e. The lowest BCUT2D eigenvalue weighted by Gasteiger charge is -2.37. The molecule has 0 spiro atoms. The van der Waals surface area contributed by atoms with E-state index < -0.39 is 0 Å². The van der Waals surface area contributed by atoms with Crippen LogP contribution in [0.15, 0.2) is 48.7 Å². The van der Waals surface area contributed by atoms with E-state index >= 15 is 0 Å². The lowest BCUT2D eigenvalue weighted by atomic mass is 10.1. The fraction of sp³-hybridized carbons (Fsp3) is 0.385. The number of morpholine rings is 1. The van der Waals surface area contributed by atoms with Gasteiger partial charge in [0.1, 0.15) is 5.69 Å². The second-order valence-electron chi connectivity index (χ2n) is 8.77. The molecule has 2 aromatic carbocycles. The lowest BCUT2D eigenvalue weighted by Crippen LogP contribution is -2.52. The Hall–Kier alpha value is -3.72. The van der Waals surface area contributed by atoms with Gasteiger partial charge >= 0.3 is 0 Å². The van der Waals surface area contributed by atoms with E-state index in [2.05, 4.69) is 9.97 Å². The van der Waals surface area contributed by atoms with Crippen molar-refractivity contribution in [3.63, 3.8) is 0 Å². The SMILES string of the molecule is CCC(C)N(CC1CN(C(=O)c2cnc3ccccc3n2)CCO1)C(=O)c1ccc2c(c1)OCO2. The van der Waals surface area contributed by atoms with Gasteiger partial charge in [-0.25, -0.2) is 4.98 Å². The van der Waals surface area contributed by atoms with E-state index in [9.17, 15) is 9.59 Å². The predicted octanol–water partition coefficient (Wildman–Crippen LogP) is 3.14. The zero-order valence-electron chi connectivity index (χ0n) is 19.8. The quantitative estimate of drug-likeness (QED) is 0.540. The van der Waals surface area contributed by atoms with E-state index in [4.69, 9.17) is 14.2 Å². The molecule has 2 unspecified atom stereocenters. The van der Waals surface area contributed by atoms with Gasteiger partial charge in [0.25, 0.3) is 11.8 Å². The number of carbonyl (C=O) groups is 2. The van der Waals surface area contributed by atoms with Gasteiger partial charge in [-0.2, -0.15) is 0 Å². The van der Waals surface area contributed by atoms with Crippen LogP contribution in [0.1, 0.15) is 41.1 Å². The van der Waals surface area contributed by atoms with Crippen molar-refractivity contribution in [1.29, 1.82) is 0 Å². The van der Waals surface area contributed by atoms with Crippen molar-refractivity contribution in [1.82, 2.24) is 19.8 Å². The third-order valence-electron chi connectivity index (χ3n) is 6.50. The molecule has 0 bridgehead atoms. The Morgan fingerprint density at radius 3 is 2.77 bits per heavy atom. The van der Waals surface area contributed by atoms with Crippen molar-refractivity contribution in [2.75, 3.05) is 33.0 Å². The summed E-state index contributed by atoms with van der Waals surface area (Å²) in [4.78, 5) is 39.0. The zero-order valence-corrected chi connectivity index (χ0v) is 19.8. The minimum absolute atomic E-state index is 0.00560. The van der Waals surface area contributed by atoms with Crippen LogP contribution in [-0.4, -0.2) is 76.8 Å². The van der Waals surface area contributed by atoms with Crippen molar-refractivity contribution in [3.05, 3.63) is 59.9 Å². The summed E-state index contributed by atoms with van der Waals surface area (Å²) < 4.78 is 16.8. The molecule has 2 atom stereocenters. The summed E-state index contributed by atoms with van der Waals surface area (Å²) in [6.45, 7) is 5.81. The van der Waals surface area contributed by atoms with Gasteiger partial charge in [-0.05, 0) is 43.7 Å². The number of carbonyl (C=O) groups excluding carboxylic acids is 2. The molecule has 3 aromatic rings. The maximum atomic E-state index is 13.5. The molecule has 5 rings (SSSR count). The Morgan fingerprint density at radius 2 is 1.94 bits per heavy atom. The molecule has 2 aliphatic rings. The van der Waals surface area contributed by atoms with Crippen molar-refractivity contribution >= 4 is 22.8 Å². The van der Waals surface area contributed by atoms with Gasteiger partial charge in [0.2, 0.25) is 6.79 Å². The highest BCUT2D eigenvalue weighted by atomic mass is 16.7. The molecular weight excluding hydrogens is 448 g/mol. The summed E-state index contributed by atoms with van der Waals surface area (Å²) >= 11 is 0. The Morgan fingerprint density at radius 1 is 1.14 bits per heavy atom. The van der Waals surface area contributed by atoms with Crippen molar-refractivity contribution in [2.45, 2.75) is 32.4 Å². The first-order chi connectivity index (χ1) is 17.0. The molecule has 3 heterocycles. The molecule has 0 saturated carbocycles. The van der Waals surface area contributed by atoms with Gasteiger partial charge in [-0.15, -0.1) is 0 Å². The summed E-state index contributed by atoms with van der Waals surface area (Å²) in [6, 6.07) is 12.7. The number of aromatic nitrogens is 2. The molecule has 0 radical (unpaired) electrons. The number of ether oxygens (including phenoxy) is 3. The molecular formula is C26H28N4O5. The summed E-state index contributed by atoms with van der Waals surface area (Å²) in [5.74, 6) is 0.916. The minimum Gasteiger partial charge on any atom is -0.454 e. The highest BCUT2D eigenvalue weighted by molar-refractivity contribution is 5.95. The number of para-hydroxylation sites is 2. The number of rotatable bonds is 6. The Bertz CT molecular complexity index is 1250. The van der Waals surface area contributed by atoms with Crippen molar-refractivity contribution < 1.29 is 23.8 Å². The van der Waals surface area contributed by atoms with E-state index in [0.717, 1.165) is 11.9 Å². The van der Waals surface area contributed by atoms with Crippen LogP contribution in [0, 0.1) is 0 Å². The first-order valence-electron chi connectivity index (χ1n) is 11.9. The highest BCUT2D eigenvalue weighted by Gasteiger charge is 2.31. The molecule has 9 nitrogen and oxygen atoms in total. The number of fused-ring (bicyclic) bond motifs is 2. The standard InChI is InChI=1S/C26H28N4O5/c1-3-17(2)30(25(31)18-8-9-23-24(12-18)35-16-34-23)15-19-14-29(10-11-33-19)26(32)22-13-27-20-6-4-5-7-21(20)28-22/h4-9,12-13,17,19H,3,10-11,14-16H2,1-2H3. The predicted molar refractivity (Wildman–Crippen MR) is 129 cm³/mol. The Kier molecular flexibility index (Phi) is 6.50. The van der Waals surface area contributed by atoms with E-state index in [-0.39, 0.29) is 30.8 Å². The Balaban J connectivity index is 1.30. The molecule has 2 amide bonds. The fourth-order valence-electron chi connectivity index (χ4n) is 4.33. The first kappa shape index (κ1) is 23.0. The van der Waals surface area contributed by atoms with E-state index in [0.29, 0.717) is 54.5 Å². The topological polar surface area (TPSA) is 94.1 Å². The van der Waals surface area contributed by atoms with Gasteiger partial charge in [-0.3, -0.25) is 14.6 Å². The second-order valence-corrected chi connectivity index (χ2v) is 8.77. The smallest absolute Gasteiger partial charge is 0.274 e. The summed E-state index contributed by atoms with van der Waals surface area (Å²) in [6.07, 6.45) is 2.00. The second kappa shape index (κ2) is 9.87. The lowest BCUT2D eigenvalue weighted by molar-refractivity contribution is -0.0369. The van der Waals surface area contributed by atoms with Crippen LogP contribution in [0.2, 0.25) is 0 Å². The average Bonchev–Trinajstić information content (AvgIpc) is 3.38. The van der Waals surface area contributed by atoms with Crippen LogP contribution in [0.5, 0.6) is 11.5 Å². The molecule has 1 aromatic heterocycles. The maximum absolute atomic E-state index is 13.5. The van der Waals surface area contributed by atoms with Gasteiger partial charge in [0, 0.05) is 31.2 Å². The molecule has 182 valence electrons. The number of nitrogens with zero attached hydrogens (tertiary/aromatic N) is 4. The minimum atomic E-state index is -0.312. The van der Waals surface area contributed by atoms with Crippen LogP contribution in [0.4, 0.5) is 0 Å². The summed E-state index contributed by atoms with van der Waals surface area (Å²) in [7, 11) is 0. The number of hydrogen-bond donors (Lipinski definition) is 0. The average molecular weight is 477 g/mol. The molecule has 9 heteroatoms. The molecule has 2 aliphatic heterocycles. The van der Waals surface area contributed by atoms with Crippen LogP contribution >= 0.6 is 0 Å². The van der Waals surface area contributed by atoms with Crippen LogP contribution in [0.25, 0.3) is 11.0 Å². The Labute approximate surface area is 203 Å². The highest BCUT2D eigenvalue weighted by Crippen LogP contribution is 2.33. The molecule has 35 heavy (non-hydrogen) atoms. The summed E-state index contributed by atoms with van der Waals surface area (Å²) in [5, 5.41) is 0. The van der Waals surface area contributed by atoms with Crippen molar-refractivity contribution in [2.24, 2.45) is 0 Å². The van der Waals surface area contributed by atoms with Gasteiger partial charge in [0.15, 0.2) is 11.5 Å². The van der Waals surface area contributed by atoms with Crippen LogP contribution in [0.3, 0.4) is 0 Å². The molecule has 1 saturated heterocycles. The monoisotopic (exact) mass is 476 g/mol. The third kappa shape index (κ3) is 4.77. The number of hydrogen-bond acceptors (Lipinski definition) is 7. The number of amides is 2. The first-order valence-corrected chi connectivity index (χ1v) is 11.9. The fourth-order valence-corrected chi connectivity index (χ4v) is 4.33. The largest absolute Gasteiger partial charge is 0.454 e. The molecule has 0 aliphatic carbocycles. The van der Waals surface area contributed by atoms with Crippen molar-refractivity contribution in [3.8, 4) is 11.5 Å². The van der Waals surface area contributed by atoms with Gasteiger partial charge in [-0.1, -0.05) is 19.1 Å². The van der Waals surface area contributed by atoms with Crippen LogP contribution < -0.4 is 9.47 Å². The summed E-state index contributed by atoms with van der Waals surface area (Å²) in [5.41, 5.74) is 2.26. The van der Waals surface area contributed by atoms with E-state index in [1.165, 1.54) is 6.20 Å². The number of benzene rings is 2. The normalized spacial score (nSPS) is 17.9. The van der Waals surface area contributed by atoms with Gasteiger partial charge in [0.05, 0.1) is 29.9 Å². The zero-order chi connectivity index (χ0) is 24.4. The molecule has 0 N–H and O–H groups in total. The van der Waals surface area contributed by atoms with Gasteiger partial charge < -0.3 is 24.0 Å².